The number of hydrogen-bond acceptors (Lipinski definition) is 6. The van der Waals surface area contributed by atoms with Crippen LogP contribution in [-0.2, 0) is 27.5 Å². The molecule has 6 nitrogen and oxygen atoms in total. The van der Waals surface area contributed by atoms with Gasteiger partial charge in [0, 0.05) is 31.6 Å². The van der Waals surface area contributed by atoms with Crippen molar-refractivity contribution in [1.29, 1.82) is 0 Å². The van der Waals surface area contributed by atoms with Crippen molar-refractivity contribution in [2.24, 2.45) is 0 Å². The molecule has 8 heteroatoms. The zero-order valence-corrected chi connectivity index (χ0v) is 16.8. The Bertz CT molecular complexity index is 214. The first-order chi connectivity index (χ1) is 10.2. The molecule has 0 aromatic carbocycles. The van der Waals surface area contributed by atoms with Crippen molar-refractivity contribution >= 4 is 19.0 Å². The van der Waals surface area contributed by atoms with Crippen LogP contribution in [0.25, 0.3) is 0 Å². The molecule has 0 heterocycles. The Morgan fingerprint density at radius 1 is 0.762 bits per heavy atom. The molecule has 0 rings (SSSR count). The van der Waals surface area contributed by atoms with E-state index in [1.807, 2.05) is 5.70 Å². The molecule has 21 heavy (non-hydrogen) atoms. The molecule has 0 atom stereocenters. The van der Waals surface area contributed by atoms with Crippen LogP contribution in [0.3, 0.4) is 0 Å². The van der Waals surface area contributed by atoms with Crippen LogP contribution in [0.5, 0.6) is 0 Å². The van der Waals surface area contributed by atoms with Crippen LogP contribution in [0, 0.1) is 0 Å². The minimum atomic E-state index is -2.86. The zero-order valence-electron chi connectivity index (χ0n) is 13.8. The minimum Gasteiger partial charge on any atom is -0.382 e. The molecule has 126 valence electrons. The van der Waals surface area contributed by atoms with E-state index in [2.05, 4.69) is 13.2 Å². The monoisotopic (exact) mass is 338 g/mol. The molecule has 0 aliphatic rings. The first-order valence-electron chi connectivity index (χ1n) is 6.75. The van der Waals surface area contributed by atoms with Gasteiger partial charge >= 0.3 is 8.80 Å². The third kappa shape index (κ3) is 14.4. The Hall–Kier alpha value is -0.326. The van der Waals surface area contributed by atoms with Crippen molar-refractivity contribution in [3.8, 4) is 0 Å². The van der Waals surface area contributed by atoms with Gasteiger partial charge in [-0.25, -0.2) is 0 Å². The van der Waals surface area contributed by atoms with Crippen molar-refractivity contribution < 1.29 is 27.5 Å². The van der Waals surface area contributed by atoms with Gasteiger partial charge < -0.3 is 27.5 Å². The predicted molar refractivity (Wildman–Crippen MR) is 89.6 cm³/mol. The second-order valence-electron chi connectivity index (χ2n) is 3.74. The van der Waals surface area contributed by atoms with E-state index in [0.29, 0.717) is 39.6 Å². The summed E-state index contributed by atoms with van der Waals surface area (Å²) in [5.74, 6) is 0. The molecule has 0 aromatic heterocycles. The van der Waals surface area contributed by atoms with Crippen LogP contribution in [0.4, 0.5) is 0 Å². The second kappa shape index (κ2) is 17.7. The summed E-state index contributed by atoms with van der Waals surface area (Å²) in [6.45, 7) is 9.78. The molecule has 0 bridgehead atoms. The summed E-state index contributed by atoms with van der Waals surface area (Å²) in [5, 5.41) is 0. The predicted octanol–water partition coefficient (Wildman–Crippen LogP) is 0.135. The van der Waals surface area contributed by atoms with E-state index in [9.17, 15) is 0 Å². The fourth-order valence-electron chi connectivity index (χ4n) is 1.10. The van der Waals surface area contributed by atoms with Crippen LogP contribution in [-0.4, -0.2) is 80.0 Å². The summed E-state index contributed by atoms with van der Waals surface area (Å²) >= 11 is 0. The van der Waals surface area contributed by atoms with Crippen molar-refractivity contribution in [3.63, 3.8) is 0 Å². The highest BCUT2D eigenvalue weighted by Gasteiger charge is 2.37. The number of rotatable bonds is 13. The van der Waals surface area contributed by atoms with Crippen LogP contribution >= 0.6 is 0 Å². The van der Waals surface area contributed by atoms with Gasteiger partial charge in [-0.05, 0) is 5.70 Å². The Morgan fingerprint density at radius 2 is 1.05 bits per heavy atom. The summed E-state index contributed by atoms with van der Waals surface area (Å²) in [6, 6.07) is 0. The van der Waals surface area contributed by atoms with Crippen LogP contribution in [0.2, 0.25) is 0 Å². The Balaban J connectivity index is 0. The van der Waals surface area contributed by atoms with Gasteiger partial charge in [0.25, 0.3) is 0 Å². The van der Waals surface area contributed by atoms with Gasteiger partial charge in [-0.3, -0.25) is 0 Å². The van der Waals surface area contributed by atoms with E-state index in [4.69, 9.17) is 27.5 Å². The zero-order chi connectivity index (χ0) is 16.4. The molecule has 0 amide bonds. The van der Waals surface area contributed by atoms with Crippen LogP contribution in [0.15, 0.2) is 24.6 Å². The van der Waals surface area contributed by atoms with E-state index >= 15 is 0 Å². The normalized spacial score (nSPS) is 10.8. The fraction of sp³-hybridized carbons (Fsp3) is 0.692. The standard InChI is InChI=1S/C11H24O6Si.C2H6Si/c1-5-18(15-9-6-12-2,16-10-7-13-3)17-11-8-14-4;1-2-3/h5H,1,6-11H2,2-4H3;2H,1H2,3H3. The van der Waals surface area contributed by atoms with Gasteiger partial charge in [-0.15, -0.1) is 12.3 Å². The van der Waals surface area contributed by atoms with Gasteiger partial charge in [0.15, 0.2) is 0 Å². The van der Waals surface area contributed by atoms with Gasteiger partial charge in [0.1, 0.15) is 0 Å². The lowest BCUT2D eigenvalue weighted by molar-refractivity contribution is 0.0232. The highest BCUT2D eigenvalue weighted by molar-refractivity contribution is 6.66. The SMILES string of the molecule is C=C[SiH3].C=C[Si](OCCOC)(OCCOC)OCCOC. The van der Waals surface area contributed by atoms with Gasteiger partial charge in [-0.2, -0.15) is 0 Å². The number of ether oxygens (including phenoxy) is 3. The van der Waals surface area contributed by atoms with Crippen molar-refractivity contribution in [2.75, 3.05) is 61.0 Å². The topological polar surface area (TPSA) is 55.4 Å². The minimum absolute atomic E-state index is 0.398. The van der Waals surface area contributed by atoms with E-state index < -0.39 is 8.80 Å². The average molecular weight is 339 g/mol. The summed E-state index contributed by atoms with van der Waals surface area (Å²) in [7, 11) is 3.10. The van der Waals surface area contributed by atoms with E-state index in [1.54, 1.807) is 27.0 Å². The second-order valence-corrected chi connectivity index (χ2v) is 7.04. The molecular formula is C13H30O6Si2. The lowest BCUT2D eigenvalue weighted by Gasteiger charge is -2.26. The molecule has 0 N–H and O–H groups in total. The van der Waals surface area contributed by atoms with E-state index in [0.717, 1.165) is 10.2 Å². The fourth-order valence-corrected chi connectivity index (χ4v) is 2.81. The van der Waals surface area contributed by atoms with Crippen molar-refractivity contribution in [1.82, 2.24) is 0 Å². The molecule has 0 unspecified atom stereocenters. The average Bonchev–Trinajstić information content (AvgIpc) is 2.48. The van der Waals surface area contributed by atoms with Gasteiger partial charge in [-0.1, -0.05) is 6.58 Å². The Morgan fingerprint density at radius 3 is 1.24 bits per heavy atom. The first-order valence-corrected chi connectivity index (χ1v) is 9.71. The lowest BCUT2D eigenvalue weighted by atomic mass is 10.8. The largest absolute Gasteiger partial charge is 0.529 e. The summed E-state index contributed by atoms with van der Waals surface area (Å²) in [6.07, 6.45) is 0. The van der Waals surface area contributed by atoms with Crippen molar-refractivity contribution in [3.05, 3.63) is 24.6 Å². The third-order valence-corrected chi connectivity index (χ3v) is 4.34. The summed E-state index contributed by atoms with van der Waals surface area (Å²) in [5.41, 5.74) is 3.49. The molecule has 0 aliphatic heterocycles. The lowest BCUT2D eigenvalue weighted by Crippen LogP contribution is -2.46. The van der Waals surface area contributed by atoms with Gasteiger partial charge in [0.2, 0.25) is 0 Å². The van der Waals surface area contributed by atoms with Crippen molar-refractivity contribution in [2.45, 2.75) is 0 Å². The quantitative estimate of drug-likeness (QED) is 0.352. The van der Waals surface area contributed by atoms with Crippen LogP contribution < -0.4 is 0 Å². The summed E-state index contributed by atoms with van der Waals surface area (Å²) in [4.78, 5) is 0. The highest BCUT2D eigenvalue weighted by atomic mass is 28.4. The maximum Gasteiger partial charge on any atom is 0.529 e. The molecule has 0 radical (unpaired) electrons. The molecule has 0 saturated carbocycles. The number of hydrogen-bond donors (Lipinski definition) is 0. The summed E-state index contributed by atoms with van der Waals surface area (Å²) < 4.78 is 31.8. The molecule has 0 aromatic rings. The van der Waals surface area contributed by atoms with Gasteiger partial charge in [0.05, 0.1) is 39.6 Å². The molecule has 0 fully saturated rings. The molecule has 0 spiro atoms. The smallest absolute Gasteiger partial charge is 0.382 e. The third-order valence-electron chi connectivity index (χ3n) is 2.02. The molecular weight excluding hydrogens is 308 g/mol. The van der Waals surface area contributed by atoms with E-state index in [-0.39, 0.29) is 0 Å². The van der Waals surface area contributed by atoms with Crippen LogP contribution in [0.1, 0.15) is 0 Å². The highest BCUT2D eigenvalue weighted by Crippen LogP contribution is 2.11. The maximum atomic E-state index is 5.65. The number of methoxy groups -OCH3 is 3. The first kappa shape index (κ1) is 22.9. The molecule has 0 aliphatic carbocycles. The molecule has 0 saturated heterocycles. The Labute approximate surface area is 132 Å². The van der Waals surface area contributed by atoms with E-state index in [1.165, 1.54) is 0 Å². The Kier molecular flexibility index (Phi) is 19.4. The maximum absolute atomic E-state index is 5.65.